The summed E-state index contributed by atoms with van der Waals surface area (Å²) in [4.78, 5) is 26.3. The van der Waals surface area contributed by atoms with Crippen LogP contribution in [0.15, 0.2) is 24.3 Å². The molecular formula is C18H27N3O2. The quantitative estimate of drug-likeness (QED) is 0.881. The number of rotatable bonds is 2. The van der Waals surface area contributed by atoms with E-state index in [-0.39, 0.29) is 23.5 Å². The highest BCUT2D eigenvalue weighted by molar-refractivity contribution is 5.95. The molecule has 0 spiro atoms. The summed E-state index contributed by atoms with van der Waals surface area (Å²) >= 11 is 0. The molecule has 3 amide bonds. The molecule has 0 unspecified atom stereocenters. The second-order valence-corrected chi connectivity index (χ2v) is 7.23. The third-order valence-corrected chi connectivity index (χ3v) is 3.98. The van der Waals surface area contributed by atoms with Crippen LogP contribution in [0.1, 0.15) is 49.5 Å². The number of carbonyl (C=O) groups excluding carboxylic acids is 2. The van der Waals surface area contributed by atoms with E-state index < -0.39 is 0 Å². The lowest BCUT2D eigenvalue weighted by molar-refractivity contribution is 0.0707. The highest BCUT2D eigenvalue weighted by atomic mass is 16.2. The zero-order valence-corrected chi connectivity index (χ0v) is 14.5. The molecule has 126 valence electrons. The van der Waals surface area contributed by atoms with E-state index in [2.05, 4.69) is 10.6 Å². The molecule has 1 aliphatic rings. The Morgan fingerprint density at radius 2 is 1.74 bits per heavy atom. The molecule has 0 radical (unpaired) electrons. The molecule has 1 fully saturated rings. The number of piperidine rings is 1. The van der Waals surface area contributed by atoms with Gasteiger partial charge in [0.05, 0.1) is 0 Å². The van der Waals surface area contributed by atoms with Crippen molar-refractivity contribution in [1.82, 2.24) is 15.5 Å². The first-order valence-corrected chi connectivity index (χ1v) is 8.20. The van der Waals surface area contributed by atoms with Gasteiger partial charge in [0.1, 0.15) is 0 Å². The summed E-state index contributed by atoms with van der Waals surface area (Å²) in [5.74, 6) is 0.0840. The zero-order chi connectivity index (χ0) is 17.0. The van der Waals surface area contributed by atoms with E-state index in [0.29, 0.717) is 13.1 Å². The lowest BCUT2D eigenvalue weighted by Gasteiger charge is -2.33. The Hall–Kier alpha value is -2.04. The number of likely N-dealkylation sites (tertiary alicyclic amines) is 1. The van der Waals surface area contributed by atoms with Gasteiger partial charge in [-0.05, 0) is 52.2 Å². The molecule has 0 bridgehead atoms. The van der Waals surface area contributed by atoms with Gasteiger partial charge in [-0.1, -0.05) is 18.2 Å². The van der Waals surface area contributed by atoms with E-state index in [0.717, 1.165) is 24.0 Å². The largest absolute Gasteiger partial charge is 0.338 e. The molecule has 1 aromatic carbocycles. The van der Waals surface area contributed by atoms with Crippen LogP contribution in [-0.4, -0.2) is 41.5 Å². The highest BCUT2D eigenvalue weighted by Gasteiger charge is 2.25. The number of nitrogens with zero attached hydrogens (tertiary/aromatic N) is 1. The van der Waals surface area contributed by atoms with Gasteiger partial charge >= 0.3 is 6.03 Å². The summed E-state index contributed by atoms with van der Waals surface area (Å²) in [6.07, 6.45) is 1.57. The molecule has 5 nitrogen and oxygen atoms in total. The van der Waals surface area contributed by atoms with Crippen molar-refractivity contribution in [3.05, 3.63) is 35.4 Å². The Morgan fingerprint density at radius 3 is 2.30 bits per heavy atom. The third-order valence-electron chi connectivity index (χ3n) is 3.98. The predicted octanol–water partition coefficient (Wildman–Crippen LogP) is 2.70. The Bertz CT molecular complexity index is 570. The maximum absolute atomic E-state index is 12.6. The van der Waals surface area contributed by atoms with Crippen molar-refractivity contribution in [3.8, 4) is 0 Å². The number of hydrogen-bond donors (Lipinski definition) is 2. The second-order valence-electron chi connectivity index (χ2n) is 7.23. The molecule has 2 N–H and O–H groups in total. The topological polar surface area (TPSA) is 61.4 Å². The maximum Gasteiger partial charge on any atom is 0.315 e. The summed E-state index contributed by atoms with van der Waals surface area (Å²) in [7, 11) is 0. The van der Waals surface area contributed by atoms with Gasteiger partial charge in [0.15, 0.2) is 0 Å². The van der Waals surface area contributed by atoms with Crippen molar-refractivity contribution in [2.24, 2.45) is 0 Å². The van der Waals surface area contributed by atoms with Crippen LogP contribution in [0, 0.1) is 6.92 Å². The van der Waals surface area contributed by atoms with Crippen LogP contribution in [0.2, 0.25) is 0 Å². The first-order chi connectivity index (χ1) is 10.8. The van der Waals surface area contributed by atoms with Crippen LogP contribution < -0.4 is 10.6 Å². The molecule has 0 aliphatic carbocycles. The normalized spacial score (nSPS) is 16.1. The molecule has 0 aromatic heterocycles. The molecule has 2 rings (SSSR count). The Balaban J connectivity index is 1.85. The maximum atomic E-state index is 12.6. The fourth-order valence-electron chi connectivity index (χ4n) is 2.77. The molecule has 5 heteroatoms. The first kappa shape index (κ1) is 17.3. The van der Waals surface area contributed by atoms with Crippen LogP contribution in [0.3, 0.4) is 0 Å². The van der Waals surface area contributed by atoms with E-state index in [9.17, 15) is 9.59 Å². The van der Waals surface area contributed by atoms with Crippen molar-refractivity contribution >= 4 is 11.9 Å². The number of benzene rings is 1. The van der Waals surface area contributed by atoms with Gasteiger partial charge in [-0.15, -0.1) is 0 Å². The van der Waals surface area contributed by atoms with Gasteiger partial charge in [-0.25, -0.2) is 4.79 Å². The molecule has 1 heterocycles. The molecule has 23 heavy (non-hydrogen) atoms. The van der Waals surface area contributed by atoms with E-state index in [1.165, 1.54) is 0 Å². The summed E-state index contributed by atoms with van der Waals surface area (Å²) in [6, 6.07) is 7.65. The number of nitrogens with one attached hydrogen (secondary N) is 2. The predicted molar refractivity (Wildman–Crippen MR) is 91.5 cm³/mol. The second kappa shape index (κ2) is 7.02. The van der Waals surface area contributed by atoms with Crippen LogP contribution >= 0.6 is 0 Å². The molecule has 1 aliphatic heterocycles. The molecule has 0 saturated carbocycles. The van der Waals surface area contributed by atoms with Gasteiger partial charge in [0, 0.05) is 30.2 Å². The Labute approximate surface area is 138 Å². The van der Waals surface area contributed by atoms with Crippen molar-refractivity contribution in [2.45, 2.75) is 52.1 Å². The summed E-state index contributed by atoms with van der Waals surface area (Å²) in [6.45, 7) is 9.17. The third kappa shape index (κ3) is 4.98. The summed E-state index contributed by atoms with van der Waals surface area (Å²) in [5, 5.41) is 5.90. The standard InChI is InChI=1S/C18H27N3O2/c1-13-7-5-6-8-15(13)16(22)21-11-9-14(10-12-21)19-17(23)20-18(2,3)4/h5-8,14H,9-12H2,1-4H3,(H2,19,20,23). The Morgan fingerprint density at radius 1 is 1.13 bits per heavy atom. The van der Waals surface area contributed by atoms with Crippen molar-refractivity contribution < 1.29 is 9.59 Å². The number of urea groups is 1. The fourth-order valence-corrected chi connectivity index (χ4v) is 2.77. The number of amides is 3. The number of hydrogen-bond acceptors (Lipinski definition) is 2. The Kier molecular flexibility index (Phi) is 5.29. The van der Waals surface area contributed by atoms with Crippen molar-refractivity contribution in [1.29, 1.82) is 0 Å². The first-order valence-electron chi connectivity index (χ1n) is 8.20. The minimum atomic E-state index is -0.244. The van der Waals surface area contributed by atoms with Crippen molar-refractivity contribution in [3.63, 3.8) is 0 Å². The van der Waals surface area contributed by atoms with E-state index in [1.54, 1.807) is 0 Å². The lowest BCUT2D eigenvalue weighted by Crippen LogP contribution is -2.52. The fraction of sp³-hybridized carbons (Fsp3) is 0.556. The number of carbonyl (C=O) groups is 2. The van der Waals surface area contributed by atoms with Gasteiger partial charge in [0.2, 0.25) is 0 Å². The van der Waals surface area contributed by atoms with Crippen LogP contribution in [0.25, 0.3) is 0 Å². The summed E-state index contributed by atoms with van der Waals surface area (Å²) < 4.78 is 0. The summed E-state index contributed by atoms with van der Waals surface area (Å²) in [5.41, 5.74) is 1.53. The average Bonchev–Trinajstić information content (AvgIpc) is 2.46. The highest BCUT2D eigenvalue weighted by Crippen LogP contribution is 2.16. The van der Waals surface area contributed by atoms with Gasteiger partial charge < -0.3 is 15.5 Å². The van der Waals surface area contributed by atoms with Gasteiger partial charge in [-0.3, -0.25) is 4.79 Å². The van der Waals surface area contributed by atoms with Gasteiger partial charge in [0.25, 0.3) is 5.91 Å². The number of aryl methyl sites for hydroxylation is 1. The van der Waals surface area contributed by atoms with Crippen LogP contribution in [0.5, 0.6) is 0 Å². The molecular weight excluding hydrogens is 290 g/mol. The van der Waals surface area contributed by atoms with Crippen molar-refractivity contribution in [2.75, 3.05) is 13.1 Å². The van der Waals surface area contributed by atoms with E-state index in [1.807, 2.05) is 56.9 Å². The SMILES string of the molecule is Cc1ccccc1C(=O)N1CCC(NC(=O)NC(C)(C)C)CC1. The van der Waals surface area contributed by atoms with E-state index in [4.69, 9.17) is 0 Å². The zero-order valence-electron chi connectivity index (χ0n) is 14.5. The molecule has 1 saturated heterocycles. The molecule has 1 aromatic rings. The van der Waals surface area contributed by atoms with Crippen LogP contribution in [-0.2, 0) is 0 Å². The molecule has 0 atom stereocenters. The van der Waals surface area contributed by atoms with Crippen LogP contribution in [0.4, 0.5) is 4.79 Å². The van der Waals surface area contributed by atoms with Gasteiger partial charge in [-0.2, -0.15) is 0 Å². The minimum absolute atomic E-state index is 0.0840. The van der Waals surface area contributed by atoms with E-state index >= 15 is 0 Å². The monoisotopic (exact) mass is 317 g/mol. The minimum Gasteiger partial charge on any atom is -0.338 e. The lowest BCUT2D eigenvalue weighted by atomic mass is 10.0. The smallest absolute Gasteiger partial charge is 0.315 e. The average molecular weight is 317 g/mol.